The van der Waals surface area contributed by atoms with Crippen molar-refractivity contribution in [2.24, 2.45) is 5.92 Å². The van der Waals surface area contributed by atoms with Gasteiger partial charge in [-0.05, 0) is 61.6 Å². The van der Waals surface area contributed by atoms with Gasteiger partial charge < -0.3 is 5.32 Å². The topological polar surface area (TPSA) is 46.2 Å². The predicted octanol–water partition coefficient (Wildman–Crippen LogP) is 5.27. The predicted molar refractivity (Wildman–Crippen MR) is 105 cm³/mol. The number of ketones is 1. The number of allylic oxidation sites excluding steroid dienone is 1. The van der Waals surface area contributed by atoms with Crippen LogP contribution in [0.1, 0.15) is 55.8 Å². The number of carbonyl (C=O) groups is 2. The third-order valence-corrected chi connectivity index (χ3v) is 5.13. The van der Waals surface area contributed by atoms with E-state index in [1.165, 1.54) is 0 Å². The highest BCUT2D eigenvalue weighted by atomic mass is 19.4. The van der Waals surface area contributed by atoms with E-state index in [-0.39, 0.29) is 24.2 Å². The van der Waals surface area contributed by atoms with Gasteiger partial charge in [-0.25, -0.2) is 0 Å². The second-order valence-electron chi connectivity index (χ2n) is 7.38. The van der Waals surface area contributed by atoms with E-state index >= 15 is 0 Å². The van der Waals surface area contributed by atoms with Gasteiger partial charge in [0.25, 0.3) is 5.91 Å². The minimum Gasteiger partial charge on any atom is -0.348 e. The van der Waals surface area contributed by atoms with Gasteiger partial charge in [-0.3, -0.25) is 9.59 Å². The highest BCUT2D eigenvalue weighted by Gasteiger charge is 2.31. The standard InChI is InChI=1S/C23H22F3NO2/c1-3-4-16-5-6-17-12-18(7-8-20(17)21(16)28)22(29)27-13-15-9-14(2)10-19(11-15)23(24,25)26/h3,7-12,16H,1,4-6,13H2,2H3,(H,27,29). The zero-order valence-electron chi connectivity index (χ0n) is 16.1. The molecule has 0 saturated carbocycles. The van der Waals surface area contributed by atoms with Crippen LogP contribution in [0.2, 0.25) is 0 Å². The quantitative estimate of drug-likeness (QED) is 0.694. The first-order valence-electron chi connectivity index (χ1n) is 9.43. The molecular formula is C23H22F3NO2. The van der Waals surface area contributed by atoms with E-state index in [4.69, 9.17) is 0 Å². The minimum absolute atomic E-state index is 0.0129. The fourth-order valence-electron chi connectivity index (χ4n) is 3.70. The van der Waals surface area contributed by atoms with Crippen LogP contribution in [0.5, 0.6) is 0 Å². The zero-order chi connectivity index (χ0) is 21.2. The summed E-state index contributed by atoms with van der Waals surface area (Å²) in [5.41, 5.74) is 1.98. The van der Waals surface area contributed by atoms with Crippen molar-refractivity contribution in [3.63, 3.8) is 0 Å². The molecule has 3 rings (SSSR count). The van der Waals surface area contributed by atoms with Crippen molar-refractivity contribution < 1.29 is 22.8 Å². The van der Waals surface area contributed by atoms with Gasteiger partial charge in [0, 0.05) is 23.6 Å². The average Bonchev–Trinajstić information content (AvgIpc) is 2.67. The summed E-state index contributed by atoms with van der Waals surface area (Å²) in [5.74, 6) is -0.384. The fraction of sp³-hybridized carbons (Fsp3) is 0.304. The summed E-state index contributed by atoms with van der Waals surface area (Å²) < 4.78 is 38.9. The van der Waals surface area contributed by atoms with Crippen molar-refractivity contribution in [1.82, 2.24) is 5.32 Å². The lowest BCUT2D eigenvalue weighted by molar-refractivity contribution is -0.137. The Hall–Kier alpha value is -2.89. The Labute approximate surface area is 167 Å². The smallest absolute Gasteiger partial charge is 0.348 e. The number of alkyl halides is 3. The number of amides is 1. The molecule has 0 bridgehead atoms. The van der Waals surface area contributed by atoms with Crippen LogP contribution >= 0.6 is 0 Å². The van der Waals surface area contributed by atoms with Crippen LogP contribution in [0, 0.1) is 12.8 Å². The van der Waals surface area contributed by atoms with Gasteiger partial charge in [-0.2, -0.15) is 13.2 Å². The summed E-state index contributed by atoms with van der Waals surface area (Å²) in [6.07, 6.45) is -0.638. The largest absolute Gasteiger partial charge is 0.416 e. The molecule has 0 aromatic heterocycles. The molecule has 1 atom stereocenters. The van der Waals surface area contributed by atoms with Crippen molar-refractivity contribution in [3.8, 4) is 0 Å². The van der Waals surface area contributed by atoms with Crippen LogP contribution in [0.3, 0.4) is 0 Å². The van der Waals surface area contributed by atoms with Gasteiger partial charge in [0.2, 0.25) is 0 Å². The Morgan fingerprint density at radius 2 is 2.00 bits per heavy atom. The third kappa shape index (κ3) is 4.75. The zero-order valence-corrected chi connectivity index (χ0v) is 16.1. The maximum Gasteiger partial charge on any atom is 0.416 e. The molecule has 6 heteroatoms. The number of fused-ring (bicyclic) bond motifs is 1. The summed E-state index contributed by atoms with van der Waals surface area (Å²) >= 11 is 0. The molecule has 0 aliphatic heterocycles. The molecule has 152 valence electrons. The van der Waals surface area contributed by atoms with Crippen LogP contribution < -0.4 is 5.32 Å². The molecule has 0 spiro atoms. The number of hydrogen-bond donors (Lipinski definition) is 1. The molecule has 1 N–H and O–H groups in total. The third-order valence-electron chi connectivity index (χ3n) is 5.13. The maximum absolute atomic E-state index is 13.0. The molecule has 1 amide bonds. The first-order chi connectivity index (χ1) is 13.7. The number of rotatable bonds is 5. The Morgan fingerprint density at radius 1 is 1.24 bits per heavy atom. The molecular weight excluding hydrogens is 379 g/mol. The Morgan fingerprint density at radius 3 is 2.69 bits per heavy atom. The lowest BCUT2D eigenvalue weighted by Crippen LogP contribution is -2.25. The molecule has 1 aliphatic rings. The molecule has 3 nitrogen and oxygen atoms in total. The highest BCUT2D eigenvalue weighted by molar-refractivity contribution is 6.02. The van der Waals surface area contributed by atoms with Crippen LogP contribution in [0.4, 0.5) is 13.2 Å². The first-order valence-corrected chi connectivity index (χ1v) is 9.43. The van der Waals surface area contributed by atoms with Crippen molar-refractivity contribution in [3.05, 3.63) is 82.4 Å². The average molecular weight is 401 g/mol. The number of aryl methyl sites for hydroxylation is 2. The maximum atomic E-state index is 13.0. The Balaban J connectivity index is 1.72. The lowest BCUT2D eigenvalue weighted by atomic mass is 9.80. The van der Waals surface area contributed by atoms with E-state index < -0.39 is 11.7 Å². The van der Waals surface area contributed by atoms with Gasteiger partial charge in [0.15, 0.2) is 5.78 Å². The van der Waals surface area contributed by atoms with Gasteiger partial charge in [0.05, 0.1) is 5.56 Å². The first kappa shape index (κ1) is 20.8. The SMILES string of the molecule is C=CCC1CCc2cc(C(=O)NCc3cc(C)cc(C(F)(F)F)c3)ccc2C1=O. The molecule has 0 heterocycles. The van der Waals surface area contributed by atoms with Crippen molar-refractivity contribution >= 4 is 11.7 Å². The van der Waals surface area contributed by atoms with Crippen molar-refractivity contribution in [2.45, 2.75) is 38.9 Å². The molecule has 1 unspecified atom stereocenters. The normalized spacial score (nSPS) is 16.3. The number of carbonyl (C=O) groups excluding carboxylic acids is 2. The summed E-state index contributed by atoms with van der Waals surface area (Å²) in [5, 5.41) is 2.66. The summed E-state index contributed by atoms with van der Waals surface area (Å²) in [6, 6.07) is 8.67. The number of halogens is 3. The number of hydrogen-bond acceptors (Lipinski definition) is 2. The minimum atomic E-state index is -4.43. The number of benzene rings is 2. The van der Waals surface area contributed by atoms with E-state index in [1.807, 2.05) is 0 Å². The molecule has 0 saturated heterocycles. The molecule has 29 heavy (non-hydrogen) atoms. The number of nitrogens with one attached hydrogen (secondary N) is 1. The van der Waals surface area contributed by atoms with Gasteiger partial charge in [-0.1, -0.05) is 23.8 Å². The molecule has 2 aromatic rings. The van der Waals surface area contributed by atoms with Crippen LogP contribution in [-0.2, 0) is 19.1 Å². The number of Topliss-reactive ketones (excluding diaryl/α,β-unsaturated/α-hetero) is 1. The Kier molecular flexibility index (Phi) is 5.91. The van der Waals surface area contributed by atoms with Crippen molar-refractivity contribution in [2.75, 3.05) is 0 Å². The Bertz CT molecular complexity index is 963. The van der Waals surface area contributed by atoms with Crippen LogP contribution in [-0.4, -0.2) is 11.7 Å². The lowest BCUT2D eigenvalue weighted by Gasteiger charge is -2.22. The van der Waals surface area contributed by atoms with E-state index in [0.29, 0.717) is 41.5 Å². The molecule has 0 radical (unpaired) electrons. The second kappa shape index (κ2) is 8.23. The highest BCUT2D eigenvalue weighted by Crippen LogP contribution is 2.31. The fourth-order valence-corrected chi connectivity index (χ4v) is 3.70. The van der Waals surface area contributed by atoms with Gasteiger partial charge in [0.1, 0.15) is 0 Å². The molecule has 2 aromatic carbocycles. The van der Waals surface area contributed by atoms with Crippen LogP contribution in [0.25, 0.3) is 0 Å². The molecule has 1 aliphatic carbocycles. The van der Waals surface area contributed by atoms with Crippen molar-refractivity contribution in [1.29, 1.82) is 0 Å². The van der Waals surface area contributed by atoms with Gasteiger partial charge >= 0.3 is 6.18 Å². The molecule has 0 fully saturated rings. The summed E-state index contributed by atoms with van der Waals surface area (Å²) in [7, 11) is 0. The second-order valence-corrected chi connectivity index (χ2v) is 7.38. The monoisotopic (exact) mass is 401 g/mol. The summed E-state index contributed by atoms with van der Waals surface area (Å²) in [4.78, 5) is 25.0. The van der Waals surface area contributed by atoms with Crippen LogP contribution in [0.15, 0.2) is 49.1 Å². The van der Waals surface area contributed by atoms with E-state index in [9.17, 15) is 22.8 Å². The van der Waals surface area contributed by atoms with E-state index in [1.54, 1.807) is 37.3 Å². The van der Waals surface area contributed by atoms with E-state index in [0.717, 1.165) is 17.7 Å². The summed E-state index contributed by atoms with van der Waals surface area (Å²) in [6.45, 7) is 5.26. The van der Waals surface area contributed by atoms with Gasteiger partial charge in [-0.15, -0.1) is 6.58 Å². The van der Waals surface area contributed by atoms with E-state index in [2.05, 4.69) is 11.9 Å².